The number of para-hydroxylation sites is 6. The molecule has 0 radical (unpaired) electrons. The molecule has 14 rings (SSSR count). The van der Waals surface area contributed by atoms with E-state index in [1.54, 1.807) is 0 Å². The van der Waals surface area contributed by atoms with Crippen molar-refractivity contribution in [3.63, 3.8) is 0 Å². The summed E-state index contributed by atoms with van der Waals surface area (Å²) in [7, 11) is 0. The second-order valence-electron chi connectivity index (χ2n) is 17.7. The van der Waals surface area contributed by atoms with Crippen molar-refractivity contribution >= 4 is 65.4 Å². The van der Waals surface area contributed by atoms with E-state index >= 15 is 0 Å². The van der Waals surface area contributed by atoms with Gasteiger partial charge in [0.05, 0.1) is 55.9 Å². The Morgan fingerprint density at radius 2 is 0.667 bits per heavy atom. The van der Waals surface area contributed by atoms with Crippen LogP contribution in [0.2, 0.25) is 0 Å². The van der Waals surface area contributed by atoms with Gasteiger partial charge in [0.2, 0.25) is 0 Å². The minimum absolute atomic E-state index is 0.658. The Hall–Kier alpha value is -9.32. The molecule has 5 nitrogen and oxygen atoms in total. The molecule has 0 unspecified atom stereocenters. The predicted molar refractivity (Wildman–Crippen MR) is 287 cm³/mol. The van der Waals surface area contributed by atoms with Crippen molar-refractivity contribution in [3.8, 4) is 62.1 Å². The van der Waals surface area contributed by atoms with E-state index in [-0.39, 0.29) is 0 Å². The summed E-state index contributed by atoms with van der Waals surface area (Å²) >= 11 is 0. The Labute approximate surface area is 398 Å². The van der Waals surface area contributed by atoms with Gasteiger partial charge < -0.3 is 13.7 Å². The molecule has 0 aliphatic carbocycles. The third-order valence-corrected chi connectivity index (χ3v) is 13.9. The van der Waals surface area contributed by atoms with Gasteiger partial charge in [0, 0.05) is 65.8 Å². The monoisotopic (exact) mass is 879 g/mol. The topological polar surface area (TPSA) is 40.6 Å². The minimum Gasteiger partial charge on any atom is -0.309 e. The Kier molecular flexibility index (Phi) is 8.83. The zero-order valence-electron chi connectivity index (χ0n) is 37.4. The lowest BCUT2D eigenvalue weighted by Crippen LogP contribution is -2.03. The van der Waals surface area contributed by atoms with E-state index in [0.29, 0.717) is 5.82 Å². The lowest BCUT2D eigenvalue weighted by Gasteiger charge is -2.20. The quantitative estimate of drug-likeness (QED) is 0.160. The van der Waals surface area contributed by atoms with Crippen LogP contribution in [0.3, 0.4) is 0 Å². The van der Waals surface area contributed by atoms with Crippen LogP contribution in [0.5, 0.6) is 0 Å². The number of aromatic nitrogens is 5. The van der Waals surface area contributed by atoms with Gasteiger partial charge in [0.25, 0.3) is 0 Å². The van der Waals surface area contributed by atoms with E-state index in [1.165, 1.54) is 37.8 Å². The van der Waals surface area contributed by atoms with Crippen LogP contribution in [0, 0.1) is 0 Å². The number of benzene rings is 10. The molecule has 0 N–H and O–H groups in total. The van der Waals surface area contributed by atoms with Gasteiger partial charge in [-0.3, -0.25) is 0 Å². The zero-order chi connectivity index (χ0) is 45.4. The summed E-state index contributed by atoms with van der Waals surface area (Å²) in [6, 6.07) is 89.3. The first-order chi connectivity index (χ1) is 34.2. The molecule has 0 aliphatic heterocycles. The molecule has 0 amide bonds. The summed E-state index contributed by atoms with van der Waals surface area (Å²) < 4.78 is 7.33. The van der Waals surface area contributed by atoms with Crippen molar-refractivity contribution in [2.45, 2.75) is 0 Å². The maximum atomic E-state index is 5.36. The number of hydrogen-bond acceptors (Lipinski definition) is 2. The summed E-state index contributed by atoms with van der Waals surface area (Å²) in [5.41, 5.74) is 17.1. The lowest BCUT2D eigenvalue weighted by atomic mass is 9.98. The first-order valence-corrected chi connectivity index (χ1v) is 23.5. The van der Waals surface area contributed by atoms with Crippen LogP contribution < -0.4 is 0 Å². The van der Waals surface area contributed by atoms with E-state index in [2.05, 4.69) is 250 Å². The average molecular weight is 880 g/mol. The van der Waals surface area contributed by atoms with Gasteiger partial charge >= 0.3 is 0 Å². The van der Waals surface area contributed by atoms with Crippen LogP contribution in [-0.4, -0.2) is 23.7 Å². The van der Waals surface area contributed by atoms with Crippen LogP contribution in [0.15, 0.2) is 249 Å². The number of nitrogens with zero attached hydrogens (tertiary/aromatic N) is 5. The van der Waals surface area contributed by atoms with E-state index in [4.69, 9.17) is 9.97 Å². The summed E-state index contributed by atoms with van der Waals surface area (Å²) in [4.78, 5) is 10.7. The van der Waals surface area contributed by atoms with Crippen molar-refractivity contribution in [3.05, 3.63) is 249 Å². The molecule has 14 aromatic rings. The minimum atomic E-state index is 0.658. The molecule has 0 bridgehead atoms. The molecule has 5 heteroatoms. The SMILES string of the molecule is c1ccc(-c2cc(-c3ccccc3)nc(-c3ccc(-c4ccccc4-n4c5ccccc5c5ccccc54)c(-n4c5ccccc5c5cc6c7ccccc7n(-c7ccccc7)c6cc54)c3)n2)cc1. The first kappa shape index (κ1) is 38.9. The van der Waals surface area contributed by atoms with E-state index in [0.717, 1.165) is 83.9 Å². The zero-order valence-corrected chi connectivity index (χ0v) is 37.4. The second kappa shape index (κ2) is 15.7. The smallest absolute Gasteiger partial charge is 0.160 e. The van der Waals surface area contributed by atoms with Gasteiger partial charge in [0.15, 0.2) is 5.82 Å². The molecule has 0 fully saturated rings. The van der Waals surface area contributed by atoms with E-state index in [1.807, 2.05) is 12.1 Å². The number of fused-ring (bicyclic) bond motifs is 9. The van der Waals surface area contributed by atoms with Gasteiger partial charge in [-0.2, -0.15) is 0 Å². The van der Waals surface area contributed by atoms with Crippen LogP contribution >= 0.6 is 0 Å². The number of hydrogen-bond donors (Lipinski definition) is 0. The second-order valence-corrected chi connectivity index (χ2v) is 17.7. The molecule has 0 saturated carbocycles. The van der Waals surface area contributed by atoms with Crippen molar-refractivity contribution in [1.82, 2.24) is 23.7 Å². The van der Waals surface area contributed by atoms with Gasteiger partial charge in [-0.15, -0.1) is 0 Å². The average Bonchev–Trinajstić information content (AvgIpc) is 4.06. The third-order valence-electron chi connectivity index (χ3n) is 13.9. The fourth-order valence-electron chi connectivity index (χ4n) is 10.8. The fraction of sp³-hybridized carbons (Fsp3) is 0. The van der Waals surface area contributed by atoms with E-state index < -0.39 is 0 Å². The van der Waals surface area contributed by atoms with Crippen molar-refractivity contribution in [1.29, 1.82) is 0 Å². The standard InChI is InChI=1S/C64H41N5/c1-4-20-42(21-5-1)54-40-55(43-22-6-2-7-23-43)66-64(65-54)44-36-37-51(48-28-12-18-34-59(48)68-57-32-16-10-26-46(57)47-27-11-17-33-58(47)68)61(38-44)69-60-35-19-14-30-50(60)53-39-52-49-29-13-15-31-56(49)67(62(52)41-63(53)69)45-24-8-3-9-25-45/h1-41H. The predicted octanol–water partition coefficient (Wildman–Crippen LogP) is 16.4. The molecule has 322 valence electrons. The molecular weight excluding hydrogens is 839 g/mol. The maximum Gasteiger partial charge on any atom is 0.160 e. The van der Waals surface area contributed by atoms with Crippen LogP contribution in [0.1, 0.15) is 0 Å². The van der Waals surface area contributed by atoms with Crippen LogP contribution in [-0.2, 0) is 0 Å². The largest absolute Gasteiger partial charge is 0.309 e. The highest BCUT2D eigenvalue weighted by atomic mass is 15.0. The Morgan fingerprint density at radius 1 is 0.246 bits per heavy atom. The van der Waals surface area contributed by atoms with Gasteiger partial charge in [-0.05, 0) is 66.7 Å². The van der Waals surface area contributed by atoms with Crippen molar-refractivity contribution in [2.75, 3.05) is 0 Å². The maximum absolute atomic E-state index is 5.36. The van der Waals surface area contributed by atoms with Gasteiger partial charge in [-0.25, -0.2) is 9.97 Å². The highest BCUT2D eigenvalue weighted by Gasteiger charge is 2.23. The van der Waals surface area contributed by atoms with Gasteiger partial charge in [0.1, 0.15) is 0 Å². The summed E-state index contributed by atoms with van der Waals surface area (Å²) in [6.45, 7) is 0. The molecule has 69 heavy (non-hydrogen) atoms. The third kappa shape index (κ3) is 6.18. The normalized spacial score (nSPS) is 11.8. The van der Waals surface area contributed by atoms with Crippen molar-refractivity contribution < 1.29 is 0 Å². The molecule has 0 spiro atoms. The van der Waals surface area contributed by atoms with E-state index in [9.17, 15) is 0 Å². The molecule has 0 aliphatic rings. The van der Waals surface area contributed by atoms with Gasteiger partial charge in [-0.1, -0.05) is 182 Å². The van der Waals surface area contributed by atoms with Crippen molar-refractivity contribution in [2.24, 2.45) is 0 Å². The van der Waals surface area contributed by atoms with Crippen LogP contribution in [0.4, 0.5) is 0 Å². The summed E-state index contributed by atoms with van der Waals surface area (Å²) in [5, 5.41) is 7.27. The molecule has 0 atom stereocenters. The summed E-state index contributed by atoms with van der Waals surface area (Å²) in [6.07, 6.45) is 0. The first-order valence-electron chi connectivity index (χ1n) is 23.5. The lowest BCUT2D eigenvalue weighted by molar-refractivity contribution is 1.15. The molecule has 0 saturated heterocycles. The fourth-order valence-corrected chi connectivity index (χ4v) is 10.8. The Bertz CT molecular complexity index is 4180. The summed E-state index contributed by atoms with van der Waals surface area (Å²) in [5.74, 6) is 0.658. The molecule has 4 aromatic heterocycles. The highest BCUT2D eigenvalue weighted by Crippen LogP contribution is 2.44. The van der Waals surface area contributed by atoms with Crippen LogP contribution in [0.25, 0.3) is 128 Å². The Balaban J connectivity index is 1.10. The highest BCUT2D eigenvalue weighted by molar-refractivity contribution is 6.19. The molecular formula is C64H41N5. The number of rotatable bonds is 7. The molecule has 4 heterocycles. The Morgan fingerprint density at radius 3 is 1.23 bits per heavy atom. The molecule has 10 aromatic carbocycles.